The third kappa shape index (κ3) is 3.47. The van der Waals surface area contributed by atoms with Gasteiger partial charge in [0, 0.05) is 37.5 Å². The van der Waals surface area contributed by atoms with Crippen molar-refractivity contribution in [2.24, 2.45) is 0 Å². The fourth-order valence-corrected chi connectivity index (χ4v) is 4.42. The number of furan rings is 1. The number of fused-ring (bicyclic) bond motifs is 1. The molecule has 8 nitrogen and oxygen atoms in total. The Morgan fingerprint density at radius 1 is 1.25 bits per heavy atom. The molecule has 5 rings (SSSR count). The van der Waals surface area contributed by atoms with Crippen molar-refractivity contribution in [3.8, 4) is 5.75 Å². The highest BCUT2D eigenvalue weighted by molar-refractivity contribution is 6.46. The highest BCUT2D eigenvalue weighted by Crippen LogP contribution is 2.40. The Bertz CT molecular complexity index is 1180. The summed E-state index contributed by atoms with van der Waals surface area (Å²) in [6.07, 6.45) is 8.14. The number of hydrogen-bond acceptors (Lipinski definition) is 6. The predicted octanol–water partition coefficient (Wildman–Crippen LogP) is 3.31. The van der Waals surface area contributed by atoms with E-state index in [9.17, 15) is 14.7 Å². The van der Waals surface area contributed by atoms with Crippen molar-refractivity contribution in [3.63, 3.8) is 0 Å². The average Bonchev–Trinajstić information content (AvgIpc) is 3.57. The smallest absolute Gasteiger partial charge is 0.295 e. The Morgan fingerprint density at radius 3 is 2.88 bits per heavy atom. The van der Waals surface area contributed by atoms with Crippen molar-refractivity contribution in [2.75, 3.05) is 6.54 Å². The number of aryl methyl sites for hydroxylation is 1. The van der Waals surface area contributed by atoms with Crippen molar-refractivity contribution in [3.05, 3.63) is 77.8 Å². The van der Waals surface area contributed by atoms with Crippen LogP contribution in [0.4, 0.5) is 0 Å². The number of rotatable bonds is 6. The van der Waals surface area contributed by atoms with Crippen LogP contribution in [0.1, 0.15) is 36.3 Å². The van der Waals surface area contributed by atoms with Gasteiger partial charge in [0.15, 0.2) is 0 Å². The Hall–Kier alpha value is -3.81. The van der Waals surface area contributed by atoms with Crippen molar-refractivity contribution >= 4 is 17.4 Å². The molecule has 4 heterocycles. The Labute approximate surface area is 184 Å². The molecule has 1 amide bonds. The zero-order chi connectivity index (χ0) is 22.2. The van der Waals surface area contributed by atoms with Gasteiger partial charge in [-0.2, -0.15) is 0 Å². The van der Waals surface area contributed by atoms with Crippen LogP contribution in [0.25, 0.3) is 5.76 Å². The second-order valence-corrected chi connectivity index (χ2v) is 8.12. The van der Waals surface area contributed by atoms with E-state index in [1.165, 1.54) is 11.2 Å². The van der Waals surface area contributed by atoms with Gasteiger partial charge in [-0.1, -0.05) is 0 Å². The van der Waals surface area contributed by atoms with Crippen LogP contribution in [0.3, 0.4) is 0 Å². The van der Waals surface area contributed by atoms with Crippen LogP contribution < -0.4 is 4.74 Å². The Balaban J connectivity index is 1.49. The van der Waals surface area contributed by atoms with Crippen molar-refractivity contribution in [1.82, 2.24) is 14.5 Å². The molecule has 0 aliphatic carbocycles. The van der Waals surface area contributed by atoms with Crippen molar-refractivity contribution in [2.45, 2.75) is 38.5 Å². The van der Waals surface area contributed by atoms with Gasteiger partial charge in [-0.05, 0) is 49.2 Å². The average molecular weight is 433 g/mol. The normalized spacial score (nSPS) is 21.7. The van der Waals surface area contributed by atoms with E-state index in [0.717, 1.165) is 17.7 Å². The van der Waals surface area contributed by atoms with E-state index in [0.29, 0.717) is 30.8 Å². The number of imidazole rings is 1. The Kier molecular flexibility index (Phi) is 5.05. The molecule has 2 atom stereocenters. The number of ether oxygens (including phenoxy) is 1. The number of hydrogen-bond donors (Lipinski definition) is 1. The zero-order valence-electron chi connectivity index (χ0n) is 17.6. The number of nitrogens with zero attached hydrogens (tertiary/aromatic N) is 3. The maximum absolute atomic E-state index is 13.0. The predicted molar refractivity (Wildman–Crippen MR) is 115 cm³/mol. The molecule has 8 heteroatoms. The molecule has 2 aromatic heterocycles. The Morgan fingerprint density at radius 2 is 2.12 bits per heavy atom. The van der Waals surface area contributed by atoms with Crippen LogP contribution in [0.5, 0.6) is 5.75 Å². The molecule has 1 saturated heterocycles. The minimum atomic E-state index is -0.781. The van der Waals surface area contributed by atoms with Gasteiger partial charge >= 0.3 is 0 Å². The van der Waals surface area contributed by atoms with E-state index in [2.05, 4.69) is 4.98 Å². The summed E-state index contributed by atoms with van der Waals surface area (Å²) < 4.78 is 13.2. The third-order valence-corrected chi connectivity index (χ3v) is 5.90. The van der Waals surface area contributed by atoms with Crippen LogP contribution in [-0.4, -0.2) is 43.9 Å². The molecular weight excluding hydrogens is 410 g/mol. The van der Waals surface area contributed by atoms with Gasteiger partial charge in [0.25, 0.3) is 11.7 Å². The SMILES string of the molecule is C[C@@H]1Cc2cc(/C(O)=C3\C(=O)C(=O)N(CCCn4ccnc4)[C@@H]3c3ccco3)ccc2O1. The standard InChI is InChI=1S/C24H23N3O5/c1-15-12-17-13-16(5-6-18(17)32-15)22(28)20-21(19-4-2-11-31-19)27(24(30)23(20)29)9-3-8-26-10-7-25-14-26/h2,4-7,10-11,13-15,21,28H,3,8-9,12H2,1H3/b22-20+/t15-,21-/m1/s1. The summed E-state index contributed by atoms with van der Waals surface area (Å²) in [7, 11) is 0. The van der Waals surface area contributed by atoms with Crippen LogP contribution in [0, 0.1) is 0 Å². The summed E-state index contributed by atoms with van der Waals surface area (Å²) in [4.78, 5) is 31.4. The second kappa shape index (κ2) is 8.03. The van der Waals surface area contributed by atoms with Crippen molar-refractivity contribution < 1.29 is 23.8 Å². The van der Waals surface area contributed by atoms with Gasteiger partial charge < -0.3 is 23.7 Å². The minimum absolute atomic E-state index is 0.0412. The van der Waals surface area contributed by atoms with E-state index in [1.54, 1.807) is 36.8 Å². The maximum atomic E-state index is 13.0. The molecular formula is C24H23N3O5. The number of amides is 1. The summed E-state index contributed by atoms with van der Waals surface area (Å²) in [6.45, 7) is 2.96. The molecule has 0 saturated carbocycles. The van der Waals surface area contributed by atoms with E-state index in [-0.39, 0.29) is 17.4 Å². The van der Waals surface area contributed by atoms with E-state index in [1.807, 2.05) is 23.8 Å². The molecule has 1 N–H and O–H groups in total. The van der Waals surface area contributed by atoms with Gasteiger partial charge in [0.05, 0.1) is 18.2 Å². The number of aliphatic hydroxyl groups is 1. The molecule has 2 aliphatic heterocycles. The number of likely N-dealkylation sites (tertiary alicyclic amines) is 1. The molecule has 1 aromatic carbocycles. The fraction of sp³-hybridized carbons (Fsp3) is 0.292. The van der Waals surface area contributed by atoms with E-state index >= 15 is 0 Å². The molecule has 3 aromatic rings. The number of Topliss-reactive ketones (excluding diaryl/α,β-unsaturated/α-hetero) is 1. The number of carbonyl (C=O) groups is 2. The molecule has 2 aliphatic rings. The molecule has 0 radical (unpaired) electrons. The first-order valence-corrected chi connectivity index (χ1v) is 10.6. The molecule has 0 spiro atoms. The minimum Gasteiger partial charge on any atom is -0.507 e. The third-order valence-electron chi connectivity index (χ3n) is 5.90. The monoisotopic (exact) mass is 433 g/mol. The van der Waals surface area contributed by atoms with Gasteiger partial charge in [0.1, 0.15) is 29.4 Å². The lowest BCUT2D eigenvalue weighted by atomic mass is 9.97. The van der Waals surface area contributed by atoms with Crippen LogP contribution in [0.2, 0.25) is 0 Å². The number of aliphatic hydroxyl groups excluding tert-OH is 1. The largest absolute Gasteiger partial charge is 0.507 e. The lowest BCUT2D eigenvalue weighted by Gasteiger charge is -2.23. The number of aromatic nitrogens is 2. The van der Waals surface area contributed by atoms with Gasteiger partial charge in [-0.3, -0.25) is 9.59 Å². The first kappa shape index (κ1) is 20.1. The molecule has 0 unspecified atom stereocenters. The topological polar surface area (TPSA) is 97.8 Å². The van der Waals surface area contributed by atoms with Gasteiger partial charge in [0.2, 0.25) is 0 Å². The van der Waals surface area contributed by atoms with E-state index in [4.69, 9.17) is 9.15 Å². The first-order valence-electron chi connectivity index (χ1n) is 10.6. The number of benzene rings is 1. The van der Waals surface area contributed by atoms with Crippen molar-refractivity contribution in [1.29, 1.82) is 0 Å². The second-order valence-electron chi connectivity index (χ2n) is 8.12. The molecule has 0 bridgehead atoms. The summed E-state index contributed by atoms with van der Waals surface area (Å²) in [5.41, 5.74) is 1.49. The summed E-state index contributed by atoms with van der Waals surface area (Å²) in [6, 6.07) is 7.95. The van der Waals surface area contributed by atoms with Crippen LogP contribution in [0.15, 0.2) is 65.3 Å². The summed E-state index contributed by atoms with van der Waals surface area (Å²) in [5.74, 6) is -0.347. The first-order chi connectivity index (χ1) is 15.5. The van der Waals surface area contributed by atoms with Gasteiger partial charge in [-0.15, -0.1) is 0 Å². The summed E-state index contributed by atoms with van der Waals surface area (Å²) in [5, 5.41) is 11.2. The van der Waals surface area contributed by atoms with E-state index < -0.39 is 17.7 Å². The quantitative estimate of drug-likeness (QED) is 0.364. The van der Waals surface area contributed by atoms with Gasteiger partial charge in [-0.25, -0.2) is 4.98 Å². The number of ketones is 1. The fourth-order valence-electron chi connectivity index (χ4n) is 4.42. The molecule has 1 fully saturated rings. The maximum Gasteiger partial charge on any atom is 0.295 e. The number of carbonyl (C=O) groups excluding carboxylic acids is 2. The highest BCUT2D eigenvalue weighted by Gasteiger charge is 2.47. The van der Waals surface area contributed by atoms with Crippen LogP contribution in [-0.2, 0) is 22.6 Å². The molecule has 164 valence electrons. The lowest BCUT2D eigenvalue weighted by Crippen LogP contribution is -2.31. The zero-order valence-corrected chi connectivity index (χ0v) is 17.6. The lowest BCUT2D eigenvalue weighted by molar-refractivity contribution is -0.140. The highest BCUT2D eigenvalue weighted by atomic mass is 16.5. The van der Waals surface area contributed by atoms with Crippen LogP contribution >= 0.6 is 0 Å². The summed E-state index contributed by atoms with van der Waals surface area (Å²) >= 11 is 0. The molecule has 32 heavy (non-hydrogen) atoms.